The Bertz CT molecular complexity index is 1740. The number of rotatable bonds is 8. The van der Waals surface area contributed by atoms with Crippen molar-refractivity contribution >= 4 is 39.3 Å². The molecule has 1 aromatic heterocycles. The molecule has 43 heavy (non-hydrogen) atoms. The van der Waals surface area contributed by atoms with Gasteiger partial charge in [-0.2, -0.15) is 0 Å². The third-order valence-corrected chi connectivity index (χ3v) is 7.27. The predicted molar refractivity (Wildman–Crippen MR) is 150 cm³/mol. The summed E-state index contributed by atoms with van der Waals surface area (Å²) in [6, 6.07) is 9.73. The maximum absolute atomic E-state index is 13.3. The van der Waals surface area contributed by atoms with Crippen LogP contribution in [0.4, 0.5) is 5.69 Å². The number of hydrogen-bond acceptors (Lipinski definition) is 11. The summed E-state index contributed by atoms with van der Waals surface area (Å²) in [5.41, 5.74) is 2.66. The summed E-state index contributed by atoms with van der Waals surface area (Å²) in [5, 5.41) is 43.4. The molecule has 0 saturated heterocycles. The van der Waals surface area contributed by atoms with Gasteiger partial charge in [0.1, 0.15) is 11.9 Å². The van der Waals surface area contributed by atoms with Gasteiger partial charge in [-0.05, 0) is 35.9 Å². The second-order valence-electron chi connectivity index (χ2n) is 10.5. The Morgan fingerprint density at radius 3 is 2.33 bits per heavy atom. The number of nitrogens with one attached hydrogen (secondary N) is 2. The molecule has 0 fully saturated rings. The van der Waals surface area contributed by atoms with E-state index in [1.807, 2.05) is 0 Å². The van der Waals surface area contributed by atoms with Crippen molar-refractivity contribution in [3.63, 3.8) is 0 Å². The van der Waals surface area contributed by atoms with Crippen LogP contribution in [0.1, 0.15) is 34.6 Å². The van der Waals surface area contributed by atoms with E-state index in [4.69, 9.17) is 14.2 Å². The molecule has 2 aliphatic heterocycles. The van der Waals surface area contributed by atoms with E-state index >= 15 is 0 Å². The van der Waals surface area contributed by atoms with E-state index in [2.05, 4.69) is 10.3 Å². The van der Waals surface area contributed by atoms with E-state index in [-0.39, 0.29) is 87.0 Å². The second kappa shape index (κ2) is 12.3. The van der Waals surface area contributed by atoms with Crippen LogP contribution >= 0.6 is 0 Å². The van der Waals surface area contributed by atoms with Crippen LogP contribution < -0.4 is 71.1 Å². The van der Waals surface area contributed by atoms with Crippen LogP contribution in [0.2, 0.25) is 0 Å². The maximum atomic E-state index is 13.3. The molecule has 2 unspecified atom stereocenters. The SMILES string of the molecule is CN(c1ccc(O)cc1-c1cc2[nH]c3cc4c(cc3c2c2c1C(=O)NC2=O)OC(C)(C)O4)C(OCCO)C(O)CO.[K+].[OH-]. The van der Waals surface area contributed by atoms with Crippen LogP contribution in [0.25, 0.3) is 32.9 Å². The Kier molecular flexibility index (Phi) is 9.49. The molecule has 13 nitrogen and oxygen atoms in total. The maximum Gasteiger partial charge on any atom is 1.00 e. The van der Waals surface area contributed by atoms with Gasteiger partial charge in [-0.1, -0.05) is 0 Å². The molecule has 3 aromatic carbocycles. The Labute approximate surface area is 288 Å². The molecule has 0 bridgehead atoms. The first-order chi connectivity index (χ1) is 19.5. The third-order valence-electron chi connectivity index (χ3n) is 7.27. The van der Waals surface area contributed by atoms with Crippen LogP contribution in [0, 0.1) is 0 Å². The van der Waals surface area contributed by atoms with Crippen molar-refractivity contribution in [1.82, 2.24) is 10.3 Å². The number of aromatic amines is 1. The zero-order chi connectivity index (χ0) is 29.2. The van der Waals surface area contributed by atoms with Crippen molar-refractivity contribution in [2.24, 2.45) is 0 Å². The summed E-state index contributed by atoms with van der Waals surface area (Å²) >= 11 is 0. The summed E-state index contributed by atoms with van der Waals surface area (Å²) in [7, 11) is 1.60. The fourth-order valence-corrected chi connectivity index (χ4v) is 5.62. The quantitative estimate of drug-likeness (QED) is 0.0805. The van der Waals surface area contributed by atoms with Crippen LogP contribution in [-0.4, -0.2) is 87.7 Å². The zero-order valence-electron chi connectivity index (χ0n) is 24.0. The number of phenolic OH excluding ortho intramolecular Hbond substituents is 1. The van der Waals surface area contributed by atoms with E-state index in [1.165, 1.54) is 17.0 Å². The number of H-pyrrole nitrogens is 1. The molecule has 6 rings (SSSR count). The molecule has 2 amide bonds. The first-order valence-corrected chi connectivity index (χ1v) is 13.0. The molecule has 7 N–H and O–H groups in total. The fourth-order valence-electron chi connectivity index (χ4n) is 5.62. The van der Waals surface area contributed by atoms with Crippen LogP contribution in [0.3, 0.4) is 0 Å². The van der Waals surface area contributed by atoms with Gasteiger partial charge in [-0.3, -0.25) is 14.9 Å². The van der Waals surface area contributed by atoms with E-state index < -0.39 is 36.5 Å². The number of hydrogen-bond donors (Lipinski definition) is 6. The Hall–Kier alpha value is -2.76. The second-order valence-corrected chi connectivity index (χ2v) is 10.5. The van der Waals surface area contributed by atoms with Gasteiger partial charge >= 0.3 is 51.4 Å². The number of phenols is 1. The number of ether oxygens (including phenoxy) is 3. The smallest absolute Gasteiger partial charge is 0.870 e. The monoisotopic (exact) mass is 619 g/mol. The van der Waals surface area contributed by atoms with Gasteiger partial charge in [0, 0.05) is 54.5 Å². The minimum absolute atomic E-state index is 0. The van der Waals surface area contributed by atoms with Gasteiger partial charge in [0.2, 0.25) is 5.79 Å². The van der Waals surface area contributed by atoms with Crippen LogP contribution in [-0.2, 0) is 4.74 Å². The number of aromatic hydroxyl groups is 1. The zero-order valence-corrected chi connectivity index (χ0v) is 27.1. The van der Waals surface area contributed by atoms with Gasteiger partial charge in [-0.15, -0.1) is 0 Å². The van der Waals surface area contributed by atoms with Crippen molar-refractivity contribution in [1.29, 1.82) is 0 Å². The number of carbonyl (C=O) groups excluding carboxylic acids is 2. The van der Waals surface area contributed by atoms with E-state index in [9.17, 15) is 30.0 Å². The molecule has 14 heteroatoms. The summed E-state index contributed by atoms with van der Waals surface area (Å²) in [6.07, 6.45) is -2.42. The number of imide groups is 1. The average Bonchev–Trinajstić information content (AvgIpc) is 3.54. The number of benzene rings is 3. The molecule has 0 aliphatic carbocycles. The van der Waals surface area contributed by atoms with Crippen molar-refractivity contribution in [2.75, 3.05) is 31.8 Å². The van der Waals surface area contributed by atoms with Gasteiger partial charge in [0.05, 0.1) is 36.5 Å². The Morgan fingerprint density at radius 2 is 1.65 bits per heavy atom. The van der Waals surface area contributed by atoms with Crippen molar-refractivity contribution in [3.05, 3.63) is 47.5 Å². The number of fused-ring (bicyclic) bond motifs is 6. The number of anilines is 1. The van der Waals surface area contributed by atoms with Crippen molar-refractivity contribution in [3.8, 4) is 28.4 Å². The van der Waals surface area contributed by atoms with Gasteiger partial charge in [0.15, 0.2) is 17.7 Å². The molecule has 0 saturated carbocycles. The fraction of sp³-hybridized carbons (Fsp3) is 0.310. The van der Waals surface area contributed by atoms with E-state index in [0.29, 0.717) is 50.1 Å². The molecule has 0 radical (unpaired) electrons. The van der Waals surface area contributed by atoms with Gasteiger partial charge < -0.3 is 50.0 Å². The molecule has 0 spiro atoms. The van der Waals surface area contributed by atoms with E-state index in [1.54, 1.807) is 45.2 Å². The first-order valence-electron chi connectivity index (χ1n) is 13.0. The van der Waals surface area contributed by atoms with Gasteiger partial charge in [0.25, 0.3) is 11.8 Å². The number of nitrogens with zero attached hydrogens (tertiary/aromatic N) is 1. The number of amides is 2. The summed E-state index contributed by atoms with van der Waals surface area (Å²) in [5.74, 6) is -1.06. The summed E-state index contributed by atoms with van der Waals surface area (Å²) in [6.45, 7) is 2.54. The minimum Gasteiger partial charge on any atom is -0.870 e. The molecule has 2 atom stereocenters. The summed E-state index contributed by atoms with van der Waals surface area (Å²) in [4.78, 5) is 31.3. The van der Waals surface area contributed by atoms with Crippen molar-refractivity contribution < 1.29 is 101 Å². The normalized spacial score (nSPS) is 16.0. The van der Waals surface area contributed by atoms with Gasteiger partial charge in [-0.25, -0.2) is 0 Å². The Balaban J connectivity index is 0.00000212. The standard InChI is InChI=1S/C29H29N3O9.K.H2O/c1-29(2)40-21-10-16-17(11-22(21)41-29)30-18-9-15(24-25(23(16)18)27(38)31-26(24)37)14-8-13(35)4-5-19(14)32(3)28(20(36)12-34)39-7-6-33;;/h4-5,8-11,20,28,30,33-36H,6-7,12H2,1-3H3,(H,31,37,38);;1H2/q;+1;/p-1. The number of aliphatic hydroxyl groups excluding tert-OH is 3. The number of aromatic nitrogens is 1. The average molecular weight is 620 g/mol. The summed E-state index contributed by atoms with van der Waals surface area (Å²) < 4.78 is 17.4. The largest absolute Gasteiger partial charge is 1.00 e. The number of aliphatic hydroxyl groups is 3. The number of likely N-dealkylation sites (N-methyl/N-ethyl adjacent to an activating group) is 1. The Morgan fingerprint density at radius 1 is 0.977 bits per heavy atom. The van der Waals surface area contributed by atoms with E-state index in [0.717, 1.165) is 0 Å². The molecule has 2 aliphatic rings. The first kappa shape index (κ1) is 33.1. The topological polar surface area (TPSA) is 204 Å². The molecular weight excluding hydrogens is 589 g/mol. The minimum atomic E-state index is -1.34. The van der Waals surface area contributed by atoms with Crippen molar-refractivity contribution in [2.45, 2.75) is 32.0 Å². The van der Waals surface area contributed by atoms with Crippen LogP contribution in [0.5, 0.6) is 17.2 Å². The number of carbonyl (C=O) groups is 2. The molecule has 4 aromatic rings. The molecule has 3 heterocycles. The third kappa shape index (κ3) is 5.64. The molecular formula is C29H30KN3O10. The molecule has 222 valence electrons. The van der Waals surface area contributed by atoms with Crippen LogP contribution in [0.15, 0.2) is 36.4 Å². The predicted octanol–water partition coefficient (Wildman–Crippen LogP) is -0.964.